The third kappa shape index (κ3) is 2.70. The summed E-state index contributed by atoms with van der Waals surface area (Å²) in [6.45, 7) is 8.22. The Morgan fingerprint density at radius 2 is 1.96 bits per heavy atom. The van der Waals surface area contributed by atoms with E-state index >= 15 is 0 Å². The summed E-state index contributed by atoms with van der Waals surface area (Å²) in [4.78, 5) is 20.6. The Balaban J connectivity index is 2.16. The number of carbonyl (C=O) groups excluding carboxylic acids is 1. The maximum atomic E-state index is 12.6. The van der Waals surface area contributed by atoms with Crippen molar-refractivity contribution in [1.82, 2.24) is 4.90 Å². The molecule has 23 heavy (non-hydrogen) atoms. The molecular weight excluding hydrogens is 308 g/mol. The zero-order valence-electron chi connectivity index (χ0n) is 13.8. The predicted molar refractivity (Wildman–Crippen MR) is 93.8 cm³/mol. The average molecular weight is 328 g/mol. The molecular formula is C18H20N2O2S. The number of carbonyl (C=O) groups is 1. The molecule has 2 aliphatic rings. The minimum Gasteiger partial charge on any atom is -0.463 e. The van der Waals surface area contributed by atoms with Crippen LogP contribution < -0.4 is 0 Å². The van der Waals surface area contributed by atoms with E-state index in [9.17, 15) is 4.79 Å². The largest absolute Gasteiger partial charge is 0.463 e. The van der Waals surface area contributed by atoms with E-state index < -0.39 is 0 Å². The lowest BCUT2D eigenvalue weighted by Gasteiger charge is -2.35. The first-order chi connectivity index (χ1) is 11.0. The summed E-state index contributed by atoms with van der Waals surface area (Å²) in [6.07, 6.45) is 0. The molecule has 120 valence electrons. The van der Waals surface area contributed by atoms with Crippen LogP contribution in [0, 0.1) is 0 Å². The SMILES string of the molecule is CCOC(=O)C1=C(C)N=C2SC(C)=C(C)N2C1c1ccccc1. The van der Waals surface area contributed by atoms with E-state index in [-0.39, 0.29) is 12.0 Å². The third-order valence-corrected chi connectivity index (χ3v) is 5.19. The Hall–Kier alpha value is -2.01. The van der Waals surface area contributed by atoms with E-state index in [4.69, 9.17) is 4.74 Å². The molecule has 1 aromatic carbocycles. The predicted octanol–water partition coefficient (Wildman–Crippen LogP) is 4.23. The van der Waals surface area contributed by atoms with Crippen LogP contribution in [0.3, 0.4) is 0 Å². The summed E-state index contributed by atoms with van der Waals surface area (Å²) in [5.41, 5.74) is 3.56. The topological polar surface area (TPSA) is 41.9 Å². The second kappa shape index (κ2) is 6.24. The Labute approximate surface area is 140 Å². The van der Waals surface area contributed by atoms with Gasteiger partial charge in [-0.3, -0.25) is 0 Å². The first-order valence-electron chi connectivity index (χ1n) is 7.70. The van der Waals surface area contributed by atoms with E-state index in [0.29, 0.717) is 12.2 Å². The minimum atomic E-state index is -0.288. The summed E-state index contributed by atoms with van der Waals surface area (Å²) >= 11 is 1.66. The number of hydrogen-bond donors (Lipinski definition) is 0. The number of esters is 1. The number of fused-ring (bicyclic) bond motifs is 1. The van der Waals surface area contributed by atoms with Crippen molar-refractivity contribution in [2.45, 2.75) is 33.7 Å². The quantitative estimate of drug-likeness (QED) is 0.779. The van der Waals surface area contributed by atoms with E-state index in [0.717, 1.165) is 22.1 Å². The van der Waals surface area contributed by atoms with Crippen LogP contribution in [0.15, 0.2) is 57.2 Å². The normalized spacial score (nSPS) is 20.6. The zero-order valence-corrected chi connectivity index (χ0v) is 14.6. The molecule has 4 nitrogen and oxygen atoms in total. The molecule has 1 atom stereocenters. The number of hydrogen-bond acceptors (Lipinski definition) is 5. The molecule has 0 radical (unpaired) electrons. The second-order valence-corrected chi connectivity index (χ2v) is 6.72. The molecule has 1 aromatic rings. The molecule has 0 bridgehead atoms. The summed E-state index contributed by atoms with van der Waals surface area (Å²) < 4.78 is 5.30. The minimum absolute atomic E-state index is 0.187. The summed E-state index contributed by atoms with van der Waals surface area (Å²) in [5.74, 6) is -0.288. The maximum Gasteiger partial charge on any atom is 0.338 e. The molecule has 0 aliphatic carbocycles. The van der Waals surface area contributed by atoms with E-state index in [1.807, 2.05) is 44.2 Å². The number of rotatable bonds is 3. The van der Waals surface area contributed by atoms with Crippen LogP contribution in [0.1, 0.15) is 39.3 Å². The van der Waals surface area contributed by atoms with Crippen molar-refractivity contribution >= 4 is 22.9 Å². The number of aliphatic imine (C=N–C) groups is 1. The standard InChI is InChI=1S/C18H20N2O2S/c1-5-22-17(21)15-11(2)19-18-20(12(3)13(4)23-18)16(15)14-9-7-6-8-10-14/h6-10,16H,5H2,1-4H3. The second-order valence-electron chi connectivity index (χ2n) is 5.54. The summed E-state index contributed by atoms with van der Waals surface area (Å²) in [7, 11) is 0. The highest BCUT2D eigenvalue weighted by atomic mass is 32.2. The maximum absolute atomic E-state index is 12.6. The molecule has 0 aromatic heterocycles. The number of amidine groups is 1. The van der Waals surface area contributed by atoms with Crippen molar-refractivity contribution in [1.29, 1.82) is 0 Å². The van der Waals surface area contributed by atoms with Crippen LogP contribution in [0.25, 0.3) is 0 Å². The Morgan fingerprint density at radius 1 is 1.26 bits per heavy atom. The molecule has 2 aliphatic heterocycles. The van der Waals surface area contributed by atoms with Gasteiger partial charge in [0.05, 0.1) is 23.9 Å². The molecule has 0 saturated carbocycles. The summed E-state index contributed by atoms with van der Waals surface area (Å²) in [6, 6.07) is 9.88. The van der Waals surface area contributed by atoms with Gasteiger partial charge in [-0.2, -0.15) is 0 Å². The van der Waals surface area contributed by atoms with E-state index in [1.54, 1.807) is 11.8 Å². The Kier molecular flexibility index (Phi) is 4.31. The van der Waals surface area contributed by atoms with Crippen molar-refractivity contribution in [2.75, 3.05) is 6.61 Å². The first-order valence-corrected chi connectivity index (χ1v) is 8.52. The van der Waals surface area contributed by atoms with Crippen molar-refractivity contribution in [3.05, 3.63) is 57.8 Å². The molecule has 5 heteroatoms. The van der Waals surface area contributed by atoms with Gasteiger partial charge in [-0.25, -0.2) is 9.79 Å². The highest BCUT2D eigenvalue weighted by Gasteiger charge is 2.40. The van der Waals surface area contributed by atoms with Gasteiger partial charge in [0.15, 0.2) is 5.17 Å². The van der Waals surface area contributed by atoms with Gasteiger partial charge in [-0.1, -0.05) is 42.1 Å². The van der Waals surface area contributed by atoms with Gasteiger partial charge in [-0.15, -0.1) is 0 Å². The first kappa shape index (κ1) is 15.9. The molecule has 0 fully saturated rings. The van der Waals surface area contributed by atoms with Gasteiger partial charge in [0.2, 0.25) is 0 Å². The smallest absolute Gasteiger partial charge is 0.338 e. The number of nitrogens with zero attached hydrogens (tertiary/aromatic N) is 2. The van der Waals surface area contributed by atoms with Gasteiger partial charge in [0, 0.05) is 10.6 Å². The van der Waals surface area contributed by atoms with Crippen LogP contribution in [-0.4, -0.2) is 22.6 Å². The fourth-order valence-electron chi connectivity index (χ4n) is 2.90. The molecule has 2 heterocycles. The molecule has 0 saturated heterocycles. The molecule has 1 unspecified atom stereocenters. The Morgan fingerprint density at radius 3 is 2.61 bits per heavy atom. The zero-order chi connectivity index (χ0) is 16.6. The van der Waals surface area contributed by atoms with Gasteiger partial charge < -0.3 is 9.64 Å². The van der Waals surface area contributed by atoms with Gasteiger partial charge in [0.1, 0.15) is 0 Å². The highest BCUT2D eigenvalue weighted by Crippen LogP contribution is 2.46. The molecule has 0 amide bonds. The van der Waals surface area contributed by atoms with Crippen LogP contribution in [0.5, 0.6) is 0 Å². The number of thioether (sulfide) groups is 1. The van der Waals surface area contributed by atoms with Gasteiger partial charge >= 0.3 is 5.97 Å². The lowest BCUT2D eigenvalue weighted by Crippen LogP contribution is -2.36. The van der Waals surface area contributed by atoms with Gasteiger partial charge in [0.25, 0.3) is 0 Å². The van der Waals surface area contributed by atoms with E-state index in [1.165, 1.54) is 4.91 Å². The number of benzene rings is 1. The average Bonchev–Trinajstić information content (AvgIpc) is 2.81. The van der Waals surface area contributed by atoms with Crippen LogP contribution in [0.4, 0.5) is 0 Å². The third-order valence-electron chi connectivity index (χ3n) is 4.12. The molecule has 0 N–H and O–H groups in total. The van der Waals surface area contributed by atoms with Crippen LogP contribution in [-0.2, 0) is 9.53 Å². The van der Waals surface area contributed by atoms with E-state index in [2.05, 4.69) is 23.7 Å². The van der Waals surface area contributed by atoms with Crippen molar-refractivity contribution in [3.63, 3.8) is 0 Å². The lowest BCUT2D eigenvalue weighted by atomic mass is 9.94. The van der Waals surface area contributed by atoms with Gasteiger partial charge in [-0.05, 0) is 33.3 Å². The molecule has 0 spiro atoms. The van der Waals surface area contributed by atoms with Crippen molar-refractivity contribution in [2.24, 2.45) is 4.99 Å². The van der Waals surface area contributed by atoms with Crippen LogP contribution in [0.2, 0.25) is 0 Å². The van der Waals surface area contributed by atoms with Crippen LogP contribution >= 0.6 is 11.8 Å². The monoisotopic (exact) mass is 328 g/mol. The fraction of sp³-hybridized carbons (Fsp3) is 0.333. The van der Waals surface area contributed by atoms with Crippen molar-refractivity contribution < 1.29 is 9.53 Å². The summed E-state index contributed by atoms with van der Waals surface area (Å²) in [5, 5.41) is 0.930. The van der Waals surface area contributed by atoms with Crippen molar-refractivity contribution in [3.8, 4) is 0 Å². The molecule has 3 rings (SSSR count). The number of ether oxygens (including phenoxy) is 1. The highest BCUT2D eigenvalue weighted by molar-refractivity contribution is 8.17. The number of allylic oxidation sites excluding steroid dienone is 3. The lowest BCUT2D eigenvalue weighted by molar-refractivity contribution is -0.139. The fourth-order valence-corrected chi connectivity index (χ4v) is 3.95. The Bertz CT molecular complexity index is 735.